The number of fused-ring (bicyclic) bond motifs is 1. The molecule has 6 nitrogen and oxygen atoms in total. The fraction of sp³-hybridized carbons (Fsp3) is 0.150. The van der Waals surface area contributed by atoms with Crippen LogP contribution in [0.3, 0.4) is 0 Å². The van der Waals surface area contributed by atoms with Gasteiger partial charge in [-0.25, -0.2) is 9.59 Å². The van der Waals surface area contributed by atoms with Gasteiger partial charge in [0.1, 0.15) is 9.88 Å². The molecule has 0 spiro atoms. The number of nitrogens with one attached hydrogen (secondary N) is 1. The summed E-state index contributed by atoms with van der Waals surface area (Å²) >= 11 is 0.984. The molecule has 1 heterocycles. The van der Waals surface area contributed by atoms with Crippen molar-refractivity contribution in [3.8, 4) is 0 Å². The van der Waals surface area contributed by atoms with Gasteiger partial charge in [-0.2, -0.15) is 0 Å². The molecule has 2 aromatic carbocycles. The first kappa shape index (κ1) is 18.6. The second kappa shape index (κ2) is 7.59. The summed E-state index contributed by atoms with van der Waals surface area (Å²) in [5.41, 5.74) is 1.03. The summed E-state index contributed by atoms with van der Waals surface area (Å²) in [4.78, 5) is 37.3. The Morgan fingerprint density at radius 1 is 0.926 bits per heavy atom. The Labute approximate surface area is 159 Å². The van der Waals surface area contributed by atoms with Gasteiger partial charge in [-0.15, -0.1) is 11.3 Å². The molecule has 0 radical (unpaired) electrons. The summed E-state index contributed by atoms with van der Waals surface area (Å²) in [6, 6.07) is 12.9. The molecular weight excluding hydrogens is 366 g/mol. The van der Waals surface area contributed by atoms with E-state index < -0.39 is 11.9 Å². The number of carbonyl (C=O) groups excluding carboxylic acids is 3. The molecule has 1 N–H and O–H groups in total. The standard InChI is InChI=1S/C20H17NO5S/c1-11-15(19(23)25-2)18(27-16(11)20(24)26-3)21-17(22)14-10-6-8-12-7-4-5-9-13(12)14/h4-10H,1-3H3,(H,21,22). The minimum atomic E-state index is -0.632. The van der Waals surface area contributed by atoms with Crippen molar-refractivity contribution >= 4 is 45.0 Å². The molecule has 0 atom stereocenters. The van der Waals surface area contributed by atoms with Crippen molar-refractivity contribution in [3.63, 3.8) is 0 Å². The SMILES string of the molecule is COC(=O)c1sc(NC(=O)c2cccc3ccccc23)c(C(=O)OC)c1C. The van der Waals surface area contributed by atoms with E-state index >= 15 is 0 Å². The smallest absolute Gasteiger partial charge is 0.348 e. The van der Waals surface area contributed by atoms with Crippen LogP contribution in [0.25, 0.3) is 10.8 Å². The Kier molecular flexibility index (Phi) is 5.23. The lowest BCUT2D eigenvalue weighted by Crippen LogP contribution is -2.14. The van der Waals surface area contributed by atoms with Crippen LogP contribution in [0.4, 0.5) is 5.00 Å². The monoisotopic (exact) mass is 383 g/mol. The lowest BCUT2D eigenvalue weighted by atomic mass is 10.0. The maximum Gasteiger partial charge on any atom is 0.348 e. The van der Waals surface area contributed by atoms with E-state index in [0.717, 1.165) is 22.1 Å². The molecule has 0 fully saturated rings. The van der Waals surface area contributed by atoms with E-state index in [1.807, 2.05) is 30.3 Å². The maximum absolute atomic E-state index is 12.9. The van der Waals surface area contributed by atoms with Crippen LogP contribution in [0.15, 0.2) is 42.5 Å². The third-order valence-corrected chi connectivity index (χ3v) is 5.36. The minimum absolute atomic E-state index is 0.150. The van der Waals surface area contributed by atoms with E-state index in [4.69, 9.17) is 9.47 Å². The summed E-state index contributed by atoms with van der Waals surface area (Å²) < 4.78 is 9.56. The Morgan fingerprint density at radius 3 is 2.30 bits per heavy atom. The predicted molar refractivity (Wildman–Crippen MR) is 104 cm³/mol. The molecule has 138 valence electrons. The number of hydrogen-bond donors (Lipinski definition) is 1. The van der Waals surface area contributed by atoms with Crippen LogP contribution in [0.5, 0.6) is 0 Å². The van der Waals surface area contributed by atoms with E-state index in [1.54, 1.807) is 19.1 Å². The molecule has 0 unspecified atom stereocenters. The fourth-order valence-electron chi connectivity index (χ4n) is 2.83. The Morgan fingerprint density at radius 2 is 1.59 bits per heavy atom. The first-order valence-electron chi connectivity index (χ1n) is 8.07. The molecule has 27 heavy (non-hydrogen) atoms. The molecule has 3 aromatic rings. The highest BCUT2D eigenvalue weighted by Gasteiger charge is 2.27. The highest BCUT2D eigenvalue weighted by Crippen LogP contribution is 2.34. The van der Waals surface area contributed by atoms with Gasteiger partial charge in [0.15, 0.2) is 0 Å². The van der Waals surface area contributed by atoms with Crippen molar-refractivity contribution in [2.45, 2.75) is 6.92 Å². The van der Waals surface area contributed by atoms with Gasteiger partial charge >= 0.3 is 11.9 Å². The van der Waals surface area contributed by atoms with Gasteiger partial charge in [0.25, 0.3) is 5.91 Å². The second-order valence-corrected chi connectivity index (χ2v) is 6.74. The van der Waals surface area contributed by atoms with Gasteiger partial charge in [0, 0.05) is 5.56 Å². The minimum Gasteiger partial charge on any atom is -0.465 e. The van der Waals surface area contributed by atoms with Crippen LogP contribution < -0.4 is 5.32 Å². The Bertz CT molecular complexity index is 1050. The third-order valence-electron chi connectivity index (χ3n) is 4.17. The number of rotatable bonds is 4. The van der Waals surface area contributed by atoms with Gasteiger partial charge in [-0.3, -0.25) is 4.79 Å². The molecule has 0 saturated carbocycles. The fourth-order valence-corrected chi connectivity index (χ4v) is 3.94. The molecule has 0 bridgehead atoms. The number of benzene rings is 2. The quantitative estimate of drug-likeness (QED) is 0.688. The molecule has 7 heteroatoms. The van der Waals surface area contributed by atoms with Crippen molar-refractivity contribution in [2.75, 3.05) is 19.5 Å². The molecule has 3 rings (SSSR count). The van der Waals surface area contributed by atoms with E-state index in [1.165, 1.54) is 14.2 Å². The Balaban J connectivity index is 2.05. The number of hydrogen-bond acceptors (Lipinski definition) is 6. The number of esters is 2. The summed E-state index contributed by atoms with van der Waals surface area (Å²) in [6.07, 6.45) is 0. The molecule has 1 aromatic heterocycles. The van der Waals surface area contributed by atoms with Crippen molar-refractivity contribution < 1.29 is 23.9 Å². The van der Waals surface area contributed by atoms with Crippen LogP contribution in [0, 0.1) is 6.92 Å². The first-order valence-corrected chi connectivity index (χ1v) is 8.88. The molecule has 1 amide bonds. The van der Waals surface area contributed by atoms with Gasteiger partial charge in [0.2, 0.25) is 0 Å². The number of ether oxygens (including phenoxy) is 2. The molecule has 0 aliphatic carbocycles. The topological polar surface area (TPSA) is 81.7 Å². The highest BCUT2D eigenvalue weighted by molar-refractivity contribution is 7.18. The predicted octanol–water partition coefficient (Wildman–Crippen LogP) is 4.04. The number of methoxy groups -OCH3 is 2. The van der Waals surface area contributed by atoms with Crippen LogP contribution in [-0.4, -0.2) is 32.1 Å². The normalized spacial score (nSPS) is 10.5. The third kappa shape index (κ3) is 3.41. The molecule has 0 aliphatic heterocycles. The van der Waals surface area contributed by atoms with Crippen LogP contribution >= 0.6 is 11.3 Å². The molecular formula is C20H17NO5S. The van der Waals surface area contributed by atoms with E-state index in [9.17, 15) is 14.4 Å². The lowest BCUT2D eigenvalue weighted by molar-refractivity contribution is 0.0601. The van der Waals surface area contributed by atoms with Gasteiger partial charge in [-0.1, -0.05) is 36.4 Å². The highest BCUT2D eigenvalue weighted by atomic mass is 32.1. The lowest BCUT2D eigenvalue weighted by Gasteiger charge is -2.08. The first-order chi connectivity index (χ1) is 13.0. The van der Waals surface area contributed by atoms with Crippen LogP contribution in [0.1, 0.15) is 36.0 Å². The van der Waals surface area contributed by atoms with Gasteiger partial charge < -0.3 is 14.8 Å². The average molecular weight is 383 g/mol. The van der Waals surface area contributed by atoms with Crippen molar-refractivity contribution in [3.05, 3.63) is 64.0 Å². The number of carbonyl (C=O) groups is 3. The van der Waals surface area contributed by atoms with Crippen molar-refractivity contribution in [1.29, 1.82) is 0 Å². The van der Waals surface area contributed by atoms with Crippen LogP contribution in [-0.2, 0) is 9.47 Å². The zero-order chi connectivity index (χ0) is 19.6. The average Bonchev–Trinajstić information content (AvgIpc) is 3.02. The number of anilines is 1. The molecule has 0 saturated heterocycles. The van der Waals surface area contributed by atoms with Crippen molar-refractivity contribution in [2.24, 2.45) is 0 Å². The Hall–Kier alpha value is -3.19. The van der Waals surface area contributed by atoms with Gasteiger partial charge in [0.05, 0.1) is 19.8 Å². The molecule has 0 aliphatic rings. The van der Waals surface area contributed by atoms with Crippen LogP contribution in [0.2, 0.25) is 0 Å². The zero-order valence-corrected chi connectivity index (χ0v) is 15.8. The summed E-state index contributed by atoms with van der Waals surface area (Å²) in [5.74, 6) is -1.59. The van der Waals surface area contributed by atoms with E-state index in [2.05, 4.69) is 5.32 Å². The number of amides is 1. The zero-order valence-electron chi connectivity index (χ0n) is 15.0. The summed E-state index contributed by atoms with van der Waals surface area (Å²) in [6.45, 7) is 1.61. The second-order valence-electron chi connectivity index (χ2n) is 5.72. The maximum atomic E-state index is 12.9. The van der Waals surface area contributed by atoms with E-state index in [-0.39, 0.29) is 21.3 Å². The number of thiophene rings is 1. The summed E-state index contributed by atoms with van der Waals surface area (Å²) in [7, 11) is 2.50. The van der Waals surface area contributed by atoms with Crippen molar-refractivity contribution in [1.82, 2.24) is 0 Å². The van der Waals surface area contributed by atoms with E-state index in [0.29, 0.717) is 11.1 Å². The van der Waals surface area contributed by atoms with Gasteiger partial charge in [-0.05, 0) is 29.3 Å². The largest absolute Gasteiger partial charge is 0.465 e. The summed E-state index contributed by atoms with van der Waals surface area (Å²) in [5, 5.41) is 4.71.